The molecule has 19 heteroatoms. The molecule has 0 aromatic rings. The molecule has 0 saturated heterocycles. The first-order valence-electron chi connectivity index (χ1n) is 42.7. The number of allylic oxidation sites excluding steroid dienone is 32. The zero-order chi connectivity index (χ0) is 81.7. The molecule has 0 bridgehead atoms. The van der Waals surface area contributed by atoms with Gasteiger partial charge in [0.1, 0.15) is 19.3 Å². The van der Waals surface area contributed by atoms with Crippen LogP contribution in [0, 0.1) is 0 Å². The van der Waals surface area contributed by atoms with Crippen molar-refractivity contribution in [3.05, 3.63) is 194 Å². The molecule has 0 saturated carbocycles. The van der Waals surface area contributed by atoms with Crippen molar-refractivity contribution >= 4 is 39.5 Å². The zero-order valence-electron chi connectivity index (χ0n) is 69.5. The summed E-state index contributed by atoms with van der Waals surface area (Å²) < 4.78 is 68.8. The van der Waals surface area contributed by atoms with Crippen molar-refractivity contribution in [1.82, 2.24) is 0 Å². The molecule has 5 atom stereocenters. The van der Waals surface area contributed by atoms with E-state index < -0.39 is 97.5 Å². The summed E-state index contributed by atoms with van der Waals surface area (Å²) in [5.41, 5.74) is 0. The standard InChI is InChI=1S/C93H150O17P2/c1-5-9-13-17-21-25-29-33-37-41-43-47-49-53-57-61-65-69-73-77-90(95)103-83-88(109-92(97)79-75-71-67-63-59-55-51-45-39-35-31-27-23-19-15-11-7-3)85-107-111(99,100)105-81-87(94)82-106-112(101,102)108-86-89(110-93(98)80-76-72-68-64-60-56-52-46-40-36-32-28-24-20-16-12-8-4)84-104-91(96)78-74-70-66-62-58-54-50-48-44-42-38-34-30-26-22-18-14-10-6-2/h9-16,21-28,33-40,43-44,47-48,51,54-55,58,87-89,94H,5-8,17-20,29-32,41-42,45-46,49-50,52-53,56-57,59-86H2,1-4H3,(H,99,100)(H,101,102)/b13-9-,14-10-,15-11-,16-12-,25-21-,26-22-,27-23-,28-24-,37-33-,38-34-,39-35-,40-36-,47-43-,48-44-,55-51-,58-54-. The molecule has 0 aromatic carbocycles. The minimum atomic E-state index is -5.01. The molecule has 0 heterocycles. The van der Waals surface area contributed by atoms with E-state index in [9.17, 15) is 43.2 Å². The number of carbonyl (C=O) groups is 4. The average molecular weight is 1600 g/mol. The second kappa shape index (κ2) is 82.9. The summed E-state index contributed by atoms with van der Waals surface area (Å²) in [6, 6.07) is 0. The van der Waals surface area contributed by atoms with Gasteiger partial charge >= 0.3 is 39.5 Å². The van der Waals surface area contributed by atoms with Gasteiger partial charge in [0.15, 0.2) is 12.2 Å². The van der Waals surface area contributed by atoms with Crippen LogP contribution in [0.1, 0.15) is 310 Å². The van der Waals surface area contributed by atoms with E-state index in [0.29, 0.717) is 25.7 Å². The van der Waals surface area contributed by atoms with Crippen LogP contribution in [0.5, 0.6) is 0 Å². The fourth-order valence-corrected chi connectivity index (χ4v) is 12.3. The molecule has 634 valence electrons. The third-order valence-electron chi connectivity index (χ3n) is 17.0. The van der Waals surface area contributed by atoms with E-state index >= 15 is 0 Å². The third-order valence-corrected chi connectivity index (χ3v) is 18.9. The Kier molecular flexibility index (Phi) is 78.4. The number of aliphatic hydroxyl groups is 1. The van der Waals surface area contributed by atoms with E-state index in [1.165, 1.54) is 0 Å². The molecule has 0 aliphatic heterocycles. The normalized spacial score (nSPS) is 14.7. The van der Waals surface area contributed by atoms with Crippen LogP contribution in [0.15, 0.2) is 194 Å². The Morgan fingerprint density at radius 1 is 0.250 bits per heavy atom. The second-order valence-corrected chi connectivity index (χ2v) is 30.5. The fourth-order valence-electron chi connectivity index (χ4n) is 10.7. The van der Waals surface area contributed by atoms with Gasteiger partial charge in [-0.1, -0.05) is 299 Å². The lowest BCUT2D eigenvalue weighted by molar-refractivity contribution is -0.161. The van der Waals surface area contributed by atoms with Crippen LogP contribution in [-0.4, -0.2) is 96.7 Å². The van der Waals surface area contributed by atoms with Crippen LogP contribution < -0.4 is 0 Å². The number of phosphoric acid groups is 2. The number of unbranched alkanes of at least 4 members (excludes halogenated alkanes) is 20. The molecular formula is C93H150O17P2. The smallest absolute Gasteiger partial charge is 0.462 e. The summed E-state index contributed by atoms with van der Waals surface area (Å²) in [4.78, 5) is 73.3. The number of aliphatic hydroxyl groups excluding tert-OH is 1. The van der Waals surface area contributed by atoms with E-state index in [0.717, 1.165) is 231 Å². The highest BCUT2D eigenvalue weighted by Crippen LogP contribution is 2.45. The quantitative estimate of drug-likeness (QED) is 0.0169. The Morgan fingerprint density at radius 2 is 0.438 bits per heavy atom. The van der Waals surface area contributed by atoms with Crippen LogP contribution in [0.2, 0.25) is 0 Å². The minimum Gasteiger partial charge on any atom is -0.462 e. The van der Waals surface area contributed by atoms with E-state index in [1.807, 2.05) is 0 Å². The van der Waals surface area contributed by atoms with Gasteiger partial charge in [-0.2, -0.15) is 0 Å². The van der Waals surface area contributed by atoms with Crippen molar-refractivity contribution in [3.8, 4) is 0 Å². The largest absolute Gasteiger partial charge is 0.472 e. The zero-order valence-corrected chi connectivity index (χ0v) is 71.3. The Labute approximate surface area is 678 Å². The molecule has 0 aliphatic carbocycles. The summed E-state index contributed by atoms with van der Waals surface area (Å²) in [5, 5.41) is 10.7. The van der Waals surface area contributed by atoms with Crippen LogP contribution in [-0.2, 0) is 65.4 Å². The number of ether oxygens (including phenoxy) is 4. The highest BCUT2D eigenvalue weighted by molar-refractivity contribution is 7.47. The van der Waals surface area contributed by atoms with E-state index in [2.05, 4.69) is 222 Å². The Hall–Kier alpha value is -6.10. The van der Waals surface area contributed by atoms with E-state index in [1.54, 1.807) is 0 Å². The number of hydrogen-bond donors (Lipinski definition) is 3. The highest BCUT2D eigenvalue weighted by Gasteiger charge is 2.30. The molecule has 0 fully saturated rings. The first-order valence-corrected chi connectivity index (χ1v) is 45.7. The summed E-state index contributed by atoms with van der Waals surface area (Å²) in [7, 11) is -10.0. The maximum atomic E-state index is 13.2. The Balaban J connectivity index is 5.48. The van der Waals surface area contributed by atoms with E-state index in [4.69, 9.17) is 37.0 Å². The molecule has 17 nitrogen and oxygen atoms in total. The fraction of sp³-hybridized carbons (Fsp3) is 0.613. The number of carbonyl (C=O) groups excluding carboxylic acids is 4. The van der Waals surface area contributed by atoms with Crippen LogP contribution in [0.25, 0.3) is 0 Å². The van der Waals surface area contributed by atoms with Gasteiger partial charge in [-0.3, -0.25) is 37.3 Å². The molecule has 0 aliphatic rings. The molecule has 3 N–H and O–H groups in total. The lowest BCUT2D eigenvalue weighted by atomic mass is 10.1. The first-order chi connectivity index (χ1) is 54.7. The predicted octanol–water partition coefficient (Wildman–Crippen LogP) is 25.7. The summed E-state index contributed by atoms with van der Waals surface area (Å²) in [6.07, 6.45) is 102. The monoisotopic (exact) mass is 1600 g/mol. The molecule has 0 aromatic heterocycles. The molecular weight excluding hydrogens is 1450 g/mol. The number of hydrogen-bond acceptors (Lipinski definition) is 15. The molecule has 112 heavy (non-hydrogen) atoms. The summed E-state index contributed by atoms with van der Waals surface area (Å²) in [6.45, 7) is 4.34. The molecule has 5 unspecified atom stereocenters. The van der Waals surface area contributed by atoms with Gasteiger partial charge < -0.3 is 33.8 Å². The Morgan fingerprint density at radius 3 is 0.679 bits per heavy atom. The average Bonchev–Trinajstić information content (AvgIpc) is 0.895. The van der Waals surface area contributed by atoms with E-state index in [-0.39, 0.29) is 25.7 Å². The number of phosphoric ester groups is 2. The lowest BCUT2D eigenvalue weighted by Crippen LogP contribution is -2.30. The van der Waals surface area contributed by atoms with Gasteiger partial charge in [-0.15, -0.1) is 0 Å². The van der Waals surface area contributed by atoms with Crippen molar-refractivity contribution in [2.45, 2.75) is 329 Å². The maximum absolute atomic E-state index is 13.2. The van der Waals surface area contributed by atoms with Gasteiger partial charge in [-0.25, -0.2) is 9.13 Å². The maximum Gasteiger partial charge on any atom is 0.472 e. The predicted molar refractivity (Wildman–Crippen MR) is 463 cm³/mol. The molecule has 0 radical (unpaired) electrons. The second-order valence-electron chi connectivity index (χ2n) is 27.6. The molecule has 0 rings (SSSR count). The van der Waals surface area contributed by atoms with Crippen molar-refractivity contribution in [3.63, 3.8) is 0 Å². The van der Waals surface area contributed by atoms with Crippen molar-refractivity contribution in [1.29, 1.82) is 0 Å². The lowest BCUT2D eigenvalue weighted by Gasteiger charge is -2.21. The number of rotatable bonds is 78. The third kappa shape index (κ3) is 81.9. The van der Waals surface area contributed by atoms with Gasteiger partial charge in [0, 0.05) is 25.7 Å². The topological polar surface area (TPSA) is 237 Å². The molecule has 0 amide bonds. The number of esters is 4. The summed E-state index contributed by atoms with van der Waals surface area (Å²) in [5.74, 6) is -2.28. The van der Waals surface area contributed by atoms with Gasteiger partial charge in [-0.05, 0) is 180 Å². The van der Waals surface area contributed by atoms with Gasteiger partial charge in [0.25, 0.3) is 0 Å². The van der Waals surface area contributed by atoms with Gasteiger partial charge in [0.05, 0.1) is 26.4 Å². The minimum absolute atomic E-state index is 0.0554. The first kappa shape index (κ1) is 106. The van der Waals surface area contributed by atoms with Gasteiger partial charge in [0.2, 0.25) is 0 Å². The Bertz CT molecular complexity index is 2880. The van der Waals surface area contributed by atoms with Crippen LogP contribution in [0.4, 0.5) is 0 Å². The molecule has 0 spiro atoms. The SMILES string of the molecule is CC/C=C\C/C=C\C/C=C\C/C=C\C/C=C\CCCCCC(=O)OCC(COP(=O)(O)OCC(O)COP(=O)(O)OCC(COC(=O)CCCCCCCC/C=C\C/C=C\C/C=C\C/C=C\CC)OC(=O)CCCCCC/C=C\C/C=C\C/C=C\C/C=C\CC)OC(=O)CCCCCCCCC/C=C\C/C=C\C/C=C\CC. The van der Waals surface area contributed by atoms with Crippen LogP contribution >= 0.6 is 15.6 Å². The highest BCUT2D eigenvalue weighted by atomic mass is 31.2. The van der Waals surface area contributed by atoms with Crippen molar-refractivity contribution in [2.24, 2.45) is 0 Å². The summed E-state index contributed by atoms with van der Waals surface area (Å²) >= 11 is 0. The van der Waals surface area contributed by atoms with Crippen molar-refractivity contribution in [2.75, 3.05) is 39.6 Å². The van der Waals surface area contributed by atoms with Crippen LogP contribution in [0.3, 0.4) is 0 Å². The van der Waals surface area contributed by atoms with Crippen molar-refractivity contribution < 1.29 is 80.2 Å².